The molecular weight excluding hydrogens is 443 g/mol. The molecule has 0 saturated carbocycles. The number of ether oxygens (including phenoxy) is 1. The third kappa shape index (κ3) is 5.16. The van der Waals surface area contributed by atoms with Crippen molar-refractivity contribution in [2.45, 2.75) is 53.5 Å². The number of nitrogens with zero attached hydrogens (tertiary/aromatic N) is 3. The molecule has 0 unspecified atom stereocenters. The maximum Gasteiger partial charge on any atom is 0.181 e. The van der Waals surface area contributed by atoms with E-state index in [-0.39, 0.29) is 0 Å². The predicted molar refractivity (Wildman–Crippen MR) is 136 cm³/mol. The van der Waals surface area contributed by atoms with Gasteiger partial charge in [0.15, 0.2) is 11.4 Å². The number of nitrogens with two attached hydrogens (primary N) is 1. The first-order valence-corrected chi connectivity index (χ1v) is 12.3. The summed E-state index contributed by atoms with van der Waals surface area (Å²) in [5.41, 5.74) is 9.75. The lowest BCUT2D eigenvalue weighted by Gasteiger charge is -2.28. The summed E-state index contributed by atoms with van der Waals surface area (Å²) in [5.74, 6) is 2.20. The Bertz CT molecular complexity index is 1040. The monoisotopic (exact) mass is 476 g/mol. The number of piperidine rings is 1. The lowest BCUT2D eigenvalue weighted by atomic mass is 10.0. The zero-order chi connectivity index (χ0) is 23.3. The van der Waals surface area contributed by atoms with Crippen LogP contribution in [0.2, 0.25) is 10.0 Å². The van der Waals surface area contributed by atoms with Crippen LogP contribution >= 0.6 is 23.2 Å². The van der Waals surface area contributed by atoms with Crippen LogP contribution in [-0.2, 0) is 6.54 Å². The van der Waals surface area contributed by atoms with E-state index in [1.807, 2.05) is 32.2 Å². The predicted octanol–water partition coefficient (Wildman–Crippen LogP) is 6.82. The fourth-order valence-corrected chi connectivity index (χ4v) is 4.52. The van der Waals surface area contributed by atoms with Gasteiger partial charge < -0.3 is 15.4 Å². The Morgan fingerprint density at radius 1 is 1.09 bits per heavy atom. The summed E-state index contributed by atoms with van der Waals surface area (Å²) in [4.78, 5) is 7.13. The third-order valence-corrected chi connectivity index (χ3v) is 6.05. The lowest BCUT2D eigenvalue weighted by Crippen LogP contribution is -2.30. The van der Waals surface area contributed by atoms with E-state index in [4.69, 9.17) is 38.7 Å². The summed E-state index contributed by atoms with van der Waals surface area (Å²) in [6.07, 6.45) is 7.70. The van der Waals surface area contributed by atoms with E-state index in [0.29, 0.717) is 29.1 Å². The van der Waals surface area contributed by atoms with Crippen LogP contribution in [0.3, 0.4) is 0 Å². The molecule has 2 N–H and O–H groups in total. The van der Waals surface area contributed by atoms with Crippen LogP contribution in [0.1, 0.15) is 52.5 Å². The number of aromatic nitrogens is 2. The number of pyridine rings is 1. The highest BCUT2D eigenvalue weighted by Gasteiger charge is 2.23. The number of anilines is 1. The zero-order valence-electron chi connectivity index (χ0n) is 19.5. The highest BCUT2D eigenvalue weighted by atomic mass is 35.5. The van der Waals surface area contributed by atoms with E-state index < -0.39 is 0 Å². The quantitative estimate of drug-likeness (QED) is 0.423. The highest BCUT2D eigenvalue weighted by molar-refractivity contribution is 6.36. The Morgan fingerprint density at radius 2 is 1.81 bits per heavy atom. The van der Waals surface area contributed by atoms with Crippen LogP contribution < -0.4 is 15.4 Å². The topological polar surface area (TPSA) is 55.8 Å². The number of fused-ring (bicyclic) bond motifs is 1. The molecule has 5 nitrogen and oxygen atoms in total. The first-order valence-electron chi connectivity index (χ1n) is 11.6. The molecule has 32 heavy (non-hydrogen) atoms. The number of hydrogen-bond donors (Lipinski definition) is 1. The third-order valence-electron chi connectivity index (χ3n) is 5.50. The fraction of sp³-hybridized carbons (Fsp3) is 0.480. The molecule has 1 aliphatic heterocycles. The normalized spacial score (nSPS) is 13.9. The smallest absolute Gasteiger partial charge is 0.181 e. The molecule has 0 aliphatic carbocycles. The van der Waals surface area contributed by atoms with Gasteiger partial charge in [-0.1, -0.05) is 57.0 Å². The van der Waals surface area contributed by atoms with E-state index in [9.17, 15) is 0 Å². The number of imidazole rings is 1. The van der Waals surface area contributed by atoms with Gasteiger partial charge in [-0.05, 0) is 37.3 Å². The standard InChI is InChI=1S/C23H28Cl2N4O.C2H6/c1-15(2)14-30-22-18(11-26)19(17-7-6-16(24)10-20(17)25)13-29-21(12-27-23(22)29)28-8-4-3-5-9-28;1-2/h6-7,10,12-13,15H,3-5,8-9,11,14,26H2,1-2H3;1-2H3. The SMILES string of the molecule is CC.CC(C)COc1c(CN)c(-c2ccc(Cl)cc2Cl)cn2c(N3CCCCC3)cnc12. The first kappa shape index (κ1) is 24.7. The van der Waals surface area contributed by atoms with E-state index >= 15 is 0 Å². The summed E-state index contributed by atoms with van der Waals surface area (Å²) < 4.78 is 8.40. The van der Waals surface area contributed by atoms with E-state index in [2.05, 4.69) is 29.3 Å². The van der Waals surface area contributed by atoms with Gasteiger partial charge in [-0.25, -0.2) is 4.98 Å². The van der Waals surface area contributed by atoms with Gasteiger partial charge in [0.05, 0.1) is 12.8 Å². The molecule has 7 heteroatoms. The van der Waals surface area contributed by atoms with Crippen molar-refractivity contribution in [2.75, 3.05) is 24.6 Å². The van der Waals surface area contributed by atoms with Crippen molar-refractivity contribution in [3.05, 3.63) is 46.2 Å². The molecule has 0 amide bonds. The second-order valence-corrected chi connectivity index (χ2v) is 9.08. The van der Waals surface area contributed by atoms with Crippen LogP contribution in [-0.4, -0.2) is 29.1 Å². The van der Waals surface area contributed by atoms with Gasteiger partial charge in [-0.15, -0.1) is 0 Å². The molecule has 174 valence electrons. The van der Waals surface area contributed by atoms with Gasteiger partial charge >= 0.3 is 0 Å². The summed E-state index contributed by atoms with van der Waals surface area (Å²) >= 11 is 12.7. The van der Waals surface area contributed by atoms with Gasteiger partial charge in [0.2, 0.25) is 0 Å². The molecule has 0 radical (unpaired) electrons. The fourth-order valence-electron chi connectivity index (χ4n) is 4.01. The zero-order valence-corrected chi connectivity index (χ0v) is 21.0. The minimum Gasteiger partial charge on any atom is -0.489 e. The summed E-state index contributed by atoms with van der Waals surface area (Å²) in [7, 11) is 0. The minimum absolute atomic E-state index is 0.324. The Labute approximate surface area is 201 Å². The Kier molecular flexibility index (Phi) is 8.69. The second-order valence-electron chi connectivity index (χ2n) is 8.24. The maximum absolute atomic E-state index is 6.59. The summed E-state index contributed by atoms with van der Waals surface area (Å²) in [6, 6.07) is 5.55. The summed E-state index contributed by atoms with van der Waals surface area (Å²) in [6.45, 7) is 11.2. The molecule has 2 aromatic heterocycles. The van der Waals surface area contributed by atoms with Crippen LogP contribution in [0.4, 0.5) is 5.82 Å². The summed E-state index contributed by atoms with van der Waals surface area (Å²) in [5, 5.41) is 1.19. The van der Waals surface area contributed by atoms with Crippen molar-refractivity contribution in [2.24, 2.45) is 11.7 Å². The Morgan fingerprint density at radius 3 is 2.44 bits per heavy atom. The molecular formula is C25H34Cl2N4O. The van der Waals surface area contributed by atoms with Crippen molar-refractivity contribution < 1.29 is 4.74 Å². The maximum atomic E-state index is 6.59. The van der Waals surface area contributed by atoms with Gasteiger partial charge in [0.25, 0.3) is 0 Å². The van der Waals surface area contributed by atoms with E-state index in [1.165, 1.54) is 19.3 Å². The lowest BCUT2D eigenvalue weighted by molar-refractivity contribution is 0.270. The van der Waals surface area contributed by atoms with Crippen molar-refractivity contribution in [3.8, 4) is 16.9 Å². The van der Waals surface area contributed by atoms with Crippen LogP contribution in [0.25, 0.3) is 16.8 Å². The molecule has 1 saturated heterocycles. The van der Waals surface area contributed by atoms with Gasteiger partial charge in [-0.2, -0.15) is 0 Å². The molecule has 1 fully saturated rings. The Hall–Kier alpha value is -1.95. The molecule has 0 bridgehead atoms. The molecule has 3 heterocycles. The van der Waals surface area contributed by atoms with Crippen molar-refractivity contribution in [3.63, 3.8) is 0 Å². The van der Waals surface area contributed by atoms with Crippen molar-refractivity contribution >= 4 is 34.7 Å². The average molecular weight is 477 g/mol. The van der Waals surface area contributed by atoms with Gasteiger partial charge in [0.1, 0.15) is 5.82 Å². The molecule has 0 atom stereocenters. The average Bonchev–Trinajstić information content (AvgIpc) is 3.22. The van der Waals surface area contributed by atoms with Crippen molar-refractivity contribution in [1.29, 1.82) is 0 Å². The number of rotatable bonds is 6. The number of halogens is 2. The second kappa shape index (κ2) is 11.3. The minimum atomic E-state index is 0.324. The number of benzene rings is 1. The van der Waals surface area contributed by atoms with Gasteiger partial charge in [0, 0.05) is 52.6 Å². The largest absolute Gasteiger partial charge is 0.489 e. The first-order chi connectivity index (χ1) is 15.5. The molecule has 4 rings (SSSR count). The highest BCUT2D eigenvalue weighted by Crippen LogP contribution is 2.39. The van der Waals surface area contributed by atoms with Crippen molar-refractivity contribution in [1.82, 2.24) is 9.38 Å². The molecule has 0 spiro atoms. The van der Waals surface area contributed by atoms with Crippen LogP contribution in [0.5, 0.6) is 5.75 Å². The van der Waals surface area contributed by atoms with Crippen LogP contribution in [0, 0.1) is 5.92 Å². The van der Waals surface area contributed by atoms with Gasteiger partial charge in [-0.3, -0.25) is 4.40 Å². The van der Waals surface area contributed by atoms with E-state index in [1.54, 1.807) is 6.07 Å². The molecule has 3 aromatic rings. The Balaban J connectivity index is 0.00000141. The molecule has 1 aliphatic rings. The number of hydrogen-bond acceptors (Lipinski definition) is 4. The molecule has 1 aromatic carbocycles. The van der Waals surface area contributed by atoms with E-state index in [0.717, 1.165) is 47.0 Å². The van der Waals surface area contributed by atoms with Crippen LogP contribution in [0.15, 0.2) is 30.6 Å².